The van der Waals surface area contributed by atoms with E-state index in [0.717, 1.165) is 4.90 Å². The largest absolute Gasteiger partial charge is 0.508 e. The van der Waals surface area contributed by atoms with Crippen molar-refractivity contribution in [2.75, 3.05) is 18.8 Å². The molecule has 2 rings (SSSR count). The van der Waals surface area contributed by atoms with Gasteiger partial charge in [0.2, 0.25) is 11.8 Å². The van der Waals surface area contributed by atoms with Gasteiger partial charge in [-0.3, -0.25) is 19.7 Å². The first-order chi connectivity index (χ1) is 8.47. The summed E-state index contributed by atoms with van der Waals surface area (Å²) in [5.41, 5.74) is 5.87. The molecule has 1 fully saturated rings. The number of hydrogen-bond acceptors (Lipinski definition) is 5. The smallest absolute Gasteiger partial charge is 0.257 e. The van der Waals surface area contributed by atoms with Gasteiger partial charge >= 0.3 is 0 Å². The molecule has 1 aromatic carbocycles. The third kappa shape index (κ3) is 2.24. The van der Waals surface area contributed by atoms with E-state index in [-0.39, 0.29) is 30.1 Å². The molecule has 3 amide bonds. The second kappa shape index (κ2) is 4.36. The van der Waals surface area contributed by atoms with Crippen LogP contribution in [0, 0.1) is 0 Å². The number of nitrogen functional groups attached to an aromatic ring is 1. The summed E-state index contributed by atoms with van der Waals surface area (Å²) in [5, 5.41) is 11.4. The number of anilines is 1. The van der Waals surface area contributed by atoms with Crippen LogP contribution >= 0.6 is 0 Å². The van der Waals surface area contributed by atoms with E-state index in [1.54, 1.807) is 0 Å². The Bertz CT molecular complexity index is 525. The minimum absolute atomic E-state index is 0.0671. The van der Waals surface area contributed by atoms with Gasteiger partial charge in [-0.25, -0.2) is 0 Å². The number of benzene rings is 1. The van der Waals surface area contributed by atoms with Crippen molar-refractivity contribution in [3.8, 4) is 5.75 Å². The Labute approximate surface area is 102 Å². The predicted molar refractivity (Wildman–Crippen MR) is 61.6 cm³/mol. The maximum atomic E-state index is 12.1. The number of nitrogens with zero attached hydrogens (tertiary/aromatic N) is 1. The van der Waals surface area contributed by atoms with Gasteiger partial charge in [-0.1, -0.05) is 0 Å². The number of phenols is 1. The highest BCUT2D eigenvalue weighted by atomic mass is 16.3. The quantitative estimate of drug-likeness (QED) is 0.338. The van der Waals surface area contributed by atoms with Crippen LogP contribution in [0.1, 0.15) is 10.4 Å². The third-order valence-corrected chi connectivity index (χ3v) is 2.50. The average Bonchev–Trinajstić information content (AvgIpc) is 2.30. The van der Waals surface area contributed by atoms with Gasteiger partial charge in [0.25, 0.3) is 5.91 Å². The SMILES string of the molecule is Nc1ccc(O)cc1C(=O)N1CC(=O)NC(=O)C1. The standard InChI is InChI=1S/C11H11N3O4/c12-8-2-1-6(15)3-7(8)11(18)14-4-9(16)13-10(17)5-14/h1-3,15H,4-5,12H2,(H,13,16,17). The molecule has 1 aromatic rings. The molecule has 7 nitrogen and oxygen atoms in total. The van der Waals surface area contributed by atoms with Gasteiger partial charge in [-0.05, 0) is 18.2 Å². The Balaban J connectivity index is 2.28. The van der Waals surface area contributed by atoms with Crippen LogP contribution in [0.4, 0.5) is 5.69 Å². The number of nitrogens with one attached hydrogen (secondary N) is 1. The van der Waals surface area contributed by atoms with Crippen LogP contribution in [-0.2, 0) is 9.59 Å². The van der Waals surface area contributed by atoms with Crippen LogP contribution in [0.2, 0.25) is 0 Å². The second-order valence-corrected chi connectivity index (χ2v) is 3.90. The second-order valence-electron chi connectivity index (χ2n) is 3.90. The Morgan fingerprint density at radius 2 is 1.89 bits per heavy atom. The molecule has 94 valence electrons. The lowest BCUT2D eigenvalue weighted by molar-refractivity contribution is -0.135. The molecule has 1 aliphatic rings. The molecule has 1 aliphatic heterocycles. The van der Waals surface area contributed by atoms with E-state index < -0.39 is 17.7 Å². The van der Waals surface area contributed by atoms with Crippen LogP contribution in [0.25, 0.3) is 0 Å². The summed E-state index contributed by atoms with van der Waals surface area (Å²) in [7, 11) is 0. The number of nitrogens with two attached hydrogens (primary N) is 1. The highest BCUT2D eigenvalue weighted by Crippen LogP contribution is 2.20. The molecule has 0 aromatic heterocycles. The van der Waals surface area contributed by atoms with Crippen molar-refractivity contribution in [1.29, 1.82) is 0 Å². The first kappa shape index (κ1) is 11.9. The Kier molecular flexibility index (Phi) is 2.88. The average molecular weight is 249 g/mol. The molecular formula is C11H11N3O4. The van der Waals surface area contributed by atoms with E-state index in [1.165, 1.54) is 18.2 Å². The normalized spacial score (nSPS) is 15.4. The molecule has 18 heavy (non-hydrogen) atoms. The van der Waals surface area contributed by atoms with Crippen LogP contribution in [0.3, 0.4) is 0 Å². The summed E-state index contributed by atoms with van der Waals surface area (Å²) < 4.78 is 0. The summed E-state index contributed by atoms with van der Waals surface area (Å²) in [6.45, 7) is -0.417. The lowest BCUT2D eigenvalue weighted by Crippen LogP contribution is -2.53. The Morgan fingerprint density at radius 1 is 1.28 bits per heavy atom. The van der Waals surface area contributed by atoms with Crippen molar-refractivity contribution in [2.45, 2.75) is 0 Å². The molecule has 0 unspecified atom stereocenters. The molecule has 1 heterocycles. The topological polar surface area (TPSA) is 113 Å². The number of hydrogen-bond donors (Lipinski definition) is 3. The van der Waals surface area contributed by atoms with E-state index in [1.807, 2.05) is 0 Å². The van der Waals surface area contributed by atoms with E-state index in [2.05, 4.69) is 5.32 Å². The van der Waals surface area contributed by atoms with Gasteiger partial charge in [0.05, 0.1) is 5.56 Å². The highest BCUT2D eigenvalue weighted by molar-refractivity contribution is 6.07. The first-order valence-corrected chi connectivity index (χ1v) is 5.18. The summed E-state index contributed by atoms with van der Waals surface area (Å²) in [4.78, 5) is 35.5. The van der Waals surface area contributed by atoms with Crippen molar-refractivity contribution in [3.63, 3.8) is 0 Å². The van der Waals surface area contributed by atoms with Crippen LogP contribution in [0.15, 0.2) is 18.2 Å². The number of carbonyl (C=O) groups excluding carboxylic acids is 3. The lowest BCUT2D eigenvalue weighted by atomic mass is 10.1. The van der Waals surface area contributed by atoms with Crippen LogP contribution in [-0.4, -0.2) is 40.8 Å². The summed E-state index contributed by atoms with van der Waals surface area (Å²) in [6.07, 6.45) is 0. The van der Waals surface area contributed by atoms with Gasteiger partial charge in [0.1, 0.15) is 18.8 Å². The number of carbonyl (C=O) groups is 3. The molecule has 0 bridgehead atoms. The molecule has 0 atom stereocenters. The number of piperazine rings is 1. The molecule has 4 N–H and O–H groups in total. The maximum absolute atomic E-state index is 12.1. The number of amides is 3. The van der Waals surface area contributed by atoms with Crippen molar-refractivity contribution >= 4 is 23.4 Å². The monoisotopic (exact) mass is 249 g/mol. The van der Waals surface area contributed by atoms with Gasteiger partial charge < -0.3 is 15.7 Å². The third-order valence-electron chi connectivity index (χ3n) is 2.50. The zero-order valence-corrected chi connectivity index (χ0v) is 9.34. The summed E-state index contributed by atoms with van der Waals surface area (Å²) in [5.74, 6) is -1.76. The Hall–Kier alpha value is -2.57. The zero-order chi connectivity index (χ0) is 13.3. The molecule has 0 spiro atoms. The van der Waals surface area contributed by atoms with Crippen molar-refractivity contribution in [2.24, 2.45) is 0 Å². The fraction of sp³-hybridized carbons (Fsp3) is 0.182. The van der Waals surface area contributed by atoms with Gasteiger partial charge in [-0.15, -0.1) is 0 Å². The van der Waals surface area contributed by atoms with E-state index in [4.69, 9.17) is 5.73 Å². The fourth-order valence-corrected chi connectivity index (χ4v) is 1.68. The van der Waals surface area contributed by atoms with Crippen molar-refractivity contribution in [3.05, 3.63) is 23.8 Å². The maximum Gasteiger partial charge on any atom is 0.257 e. The zero-order valence-electron chi connectivity index (χ0n) is 9.34. The summed E-state index contributed by atoms with van der Waals surface area (Å²) in [6, 6.07) is 3.93. The number of phenolic OH excluding ortho intramolecular Hbond substituents is 1. The molecule has 0 saturated carbocycles. The minimum Gasteiger partial charge on any atom is -0.508 e. The Morgan fingerprint density at radius 3 is 2.50 bits per heavy atom. The van der Waals surface area contributed by atoms with Crippen molar-refractivity contribution in [1.82, 2.24) is 10.2 Å². The van der Waals surface area contributed by atoms with Crippen molar-refractivity contribution < 1.29 is 19.5 Å². The molecule has 0 radical (unpaired) electrons. The fourth-order valence-electron chi connectivity index (χ4n) is 1.68. The van der Waals surface area contributed by atoms with Gasteiger partial charge in [0.15, 0.2) is 0 Å². The van der Waals surface area contributed by atoms with E-state index in [9.17, 15) is 19.5 Å². The van der Waals surface area contributed by atoms with E-state index >= 15 is 0 Å². The van der Waals surface area contributed by atoms with Gasteiger partial charge in [-0.2, -0.15) is 0 Å². The van der Waals surface area contributed by atoms with Gasteiger partial charge in [0, 0.05) is 5.69 Å². The molecule has 7 heteroatoms. The highest BCUT2D eigenvalue weighted by Gasteiger charge is 2.28. The summed E-state index contributed by atoms with van der Waals surface area (Å²) >= 11 is 0. The number of aromatic hydroxyl groups is 1. The first-order valence-electron chi connectivity index (χ1n) is 5.18. The number of imide groups is 1. The van der Waals surface area contributed by atoms with Crippen LogP contribution < -0.4 is 11.1 Å². The molecular weight excluding hydrogens is 238 g/mol. The van der Waals surface area contributed by atoms with E-state index in [0.29, 0.717) is 0 Å². The van der Waals surface area contributed by atoms with Crippen LogP contribution in [0.5, 0.6) is 5.75 Å². The number of rotatable bonds is 1. The molecule has 0 aliphatic carbocycles. The molecule has 1 saturated heterocycles. The minimum atomic E-state index is -0.563. The predicted octanol–water partition coefficient (Wildman–Crippen LogP) is -0.927. The lowest BCUT2D eigenvalue weighted by Gasteiger charge is -2.25.